The summed E-state index contributed by atoms with van der Waals surface area (Å²) in [5, 5.41) is 26.2. The highest BCUT2D eigenvalue weighted by Crippen LogP contribution is 2.57. The van der Waals surface area contributed by atoms with E-state index in [1.54, 1.807) is 31.3 Å². The Labute approximate surface area is 176 Å². The molecule has 0 fully saturated rings. The number of nitrogens with one attached hydrogen (secondary N) is 2. The maximum Gasteiger partial charge on any atom is 0.340 e. The molecule has 0 aliphatic carbocycles. The lowest BCUT2D eigenvalue weighted by molar-refractivity contribution is 0.0224. The van der Waals surface area contributed by atoms with E-state index in [9.17, 15) is 15.0 Å². The second kappa shape index (κ2) is 6.36. The maximum absolute atomic E-state index is 13.0. The largest absolute Gasteiger partial charge is 0.508 e. The molecule has 2 aliphatic rings. The van der Waals surface area contributed by atoms with E-state index >= 15 is 0 Å². The van der Waals surface area contributed by atoms with E-state index in [4.69, 9.17) is 21.7 Å². The van der Waals surface area contributed by atoms with Gasteiger partial charge in [-0.1, -0.05) is 6.07 Å². The zero-order chi connectivity index (χ0) is 21.0. The summed E-state index contributed by atoms with van der Waals surface area (Å²) in [6.07, 6.45) is 0. The predicted molar refractivity (Wildman–Crippen MR) is 113 cm³/mol. The second-order valence-corrected chi connectivity index (χ2v) is 7.41. The number of esters is 1. The monoisotopic (exact) mass is 420 g/mol. The van der Waals surface area contributed by atoms with Crippen molar-refractivity contribution in [1.29, 1.82) is 0 Å². The van der Waals surface area contributed by atoms with Gasteiger partial charge < -0.3 is 30.3 Å². The van der Waals surface area contributed by atoms with Gasteiger partial charge in [0, 0.05) is 41.6 Å². The topological polar surface area (TPSA) is 100 Å². The number of phenolic OH excluding ortho intramolecular Hbond substituents is 2. The molecule has 0 amide bonds. The van der Waals surface area contributed by atoms with Gasteiger partial charge in [0.05, 0.1) is 5.56 Å². The van der Waals surface area contributed by atoms with Crippen LogP contribution in [0.3, 0.4) is 0 Å². The van der Waals surface area contributed by atoms with Gasteiger partial charge in [-0.15, -0.1) is 0 Å². The highest BCUT2D eigenvalue weighted by molar-refractivity contribution is 7.80. The average Bonchev–Trinajstić information content (AvgIpc) is 3.00. The predicted octanol–water partition coefficient (Wildman–Crippen LogP) is 3.58. The smallest absolute Gasteiger partial charge is 0.340 e. The van der Waals surface area contributed by atoms with Crippen LogP contribution in [0.5, 0.6) is 23.0 Å². The zero-order valence-electron chi connectivity index (χ0n) is 15.7. The average molecular weight is 420 g/mol. The number of rotatable bonds is 1. The Morgan fingerprint density at radius 3 is 2.13 bits per heavy atom. The fourth-order valence-electron chi connectivity index (χ4n) is 3.98. The van der Waals surface area contributed by atoms with Crippen molar-refractivity contribution in [2.45, 2.75) is 5.60 Å². The zero-order valence-corrected chi connectivity index (χ0v) is 16.5. The third-order valence-corrected chi connectivity index (χ3v) is 5.56. The van der Waals surface area contributed by atoms with E-state index < -0.39 is 11.6 Å². The summed E-state index contributed by atoms with van der Waals surface area (Å²) in [5.41, 5.74) is 1.56. The van der Waals surface area contributed by atoms with Crippen LogP contribution in [0.15, 0.2) is 54.6 Å². The summed E-state index contributed by atoms with van der Waals surface area (Å²) in [7, 11) is 1.70. The Morgan fingerprint density at radius 2 is 1.53 bits per heavy atom. The van der Waals surface area contributed by atoms with Gasteiger partial charge in [0.2, 0.25) is 0 Å². The first-order chi connectivity index (χ1) is 14.4. The molecule has 3 aromatic carbocycles. The first-order valence-corrected chi connectivity index (χ1v) is 9.54. The molecule has 0 radical (unpaired) electrons. The molecule has 8 heteroatoms. The van der Waals surface area contributed by atoms with Crippen LogP contribution in [0, 0.1) is 0 Å². The summed E-state index contributed by atoms with van der Waals surface area (Å²) in [6, 6.07) is 14.6. The SMILES string of the molecule is CNC(=S)Nc1ccc2c(c1)C(=O)OC21c2ccc(O)cc2Oc2cc(O)ccc21. The molecule has 5 rings (SSSR count). The molecule has 0 atom stereocenters. The number of phenols is 2. The fraction of sp³-hybridized carbons (Fsp3) is 0.0909. The molecule has 7 nitrogen and oxygen atoms in total. The summed E-state index contributed by atoms with van der Waals surface area (Å²) in [6.45, 7) is 0. The van der Waals surface area contributed by atoms with Crippen molar-refractivity contribution in [2.24, 2.45) is 0 Å². The van der Waals surface area contributed by atoms with Crippen molar-refractivity contribution < 1.29 is 24.5 Å². The number of hydrogen-bond donors (Lipinski definition) is 4. The van der Waals surface area contributed by atoms with E-state index in [0.29, 0.717) is 44.6 Å². The van der Waals surface area contributed by atoms with Crippen LogP contribution < -0.4 is 15.4 Å². The summed E-state index contributed by atoms with van der Waals surface area (Å²) in [4.78, 5) is 13.0. The standard InChI is InChI=1S/C22H16N2O5S/c1-23-21(30)24-11-2-5-15-14(8-11)20(27)29-22(15)16-6-3-12(25)9-18(16)28-19-10-13(26)4-7-17(19)22/h2-10,25-26H,1H3,(H2,23,24,30). The number of aromatic hydroxyl groups is 2. The molecule has 30 heavy (non-hydrogen) atoms. The number of ether oxygens (including phenoxy) is 2. The minimum atomic E-state index is -1.27. The number of thiocarbonyl (C=S) groups is 1. The summed E-state index contributed by atoms with van der Waals surface area (Å²) < 4.78 is 11.9. The van der Waals surface area contributed by atoms with Crippen LogP contribution in [0.1, 0.15) is 27.0 Å². The van der Waals surface area contributed by atoms with Gasteiger partial charge in [0.15, 0.2) is 10.7 Å². The van der Waals surface area contributed by atoms with Gasteiger partial charge in [0.1, 0.15) is 23.0 Å². The third-order valence-electron chi connectivity index (χ3n) is 5.26. The molecule has 4 N–H and O–H groups in total. The van der Waals surface area contributed by atoms with E-state index in [-0.39, 0.29) is 11.5 Å². The van der Waals surface area contributed by atoms with Crippen LogP contribution in [0.4, 0.5) is 5.69 Å². The molecule has 0 saturated heterocycles. The van der Waals surface area contributed by atoms with Crippen molar-refractivity contribution in [3.05, 3.63) is 76.9 Å². The minimum Gasteiger partial charge on any atom is -0.508 e. The van der Waals surface area contributed by atoms with Gasteiger partial charge in [-0.3, -0.25) is 0 Å². The lowest BCUT2D eigenvalue weighted by Gasteiger charge is -2.36. The number of hydrogen-bond acceptors (Lipinski definition) is 6. The minimum absolute atomic E-state index is 0.0113. The summed E-state index contributed by atoms with van der Waals surface area (Å²) >= 11 is 5.14. The van der Waals surface area contributed by atoms with Gasteiger partial charge in [0.25, 0.3) is 0 Å². The Hall–Kier alpha value is -3.78. The molecule has 0 saturated carbocycles. The summed E-state index contributed by atoms with van der Waals surface area (Å²) in [5.74, 6) is 0.206. The van der Waals surface area contributed by atoms with Crippen molar-refractivity contribution in [3.8, 4) is 23.0 Å². The van der Waals surface area contributed by atoms with E-state index in [1.807, 2.05) is 6.07 Å². The number of carbonyl (C=O) groups excluding carboxylic acids is 1. The van der Waals surface area contributed by atoms with Crippen molar-refractivity contribution in [1.82, 2.24) is 5.32 Å². The molecular weight excluding hydrogens is 404 g/mol. The van der Waals surface area contributed by atoms with Gasteiger partial charge in [-0.25, -0.2) is 4.79 Å². The molecule has 0 bridgehead atoms. The van der Waals surface area contributed by atoms with E-state index in [0.717, 1.165) is 0 Å². The van der Waals surface area contributed by atoms with Gasteiger partial charge in [-0.2, -0.15) is 0 Å². The Bertz CT molecular complexity index is 1190. The van der Waals surface area contributed by atoms with Gasteiger partial charge >= 0.3 is 5.97 Å². The Morgan fingerprint density at radius 1 is 0.933 bits per heavy atom. The molecule has 1 spiro atoms. The second-order valence-electron chi connectivity index (χ2n) is 7.00. The van der Waals surface area contributed by atoms with Crippen molar-refractivity contribution >= 4 is 29.0 Å². The first-order valence-electron chi connectivity index (χ1n) is 9.14. The Kier molecular flexibility index (Phi) is 3.87. The lowest BCUT2D eigenvalue weighted by Crippen LogP contribution is -2.32. The number of anilines is 1. The quantitative estimate of drug-likeness (QED) is 0.350. The van der Waals surface area contributed by atoms with Crippen LogP contribution >= 0.6 is 12.2 Å². The number of benzene rings is 3. The highest BCUT2D eigenvalue weighted by Gasteiger charge is 2.53. The molecule has 3 aromatic rings. The maximum atomic E-state index is 13.0. The third kappa shape index (κ3) is 2.50. The highest BCUT2D eigenvalue weighted by atomic mass is 32.1. The van der Waals surface area contributed by atoms with E-state index in [1.165, 1.54) is 24.3 Å². The molecule has 0 unspecified atom stereocenters. The first kappa shape index (κ1) is 18.3. The van der Waals surface area contributed by atoms with Crippen molar-refractivity contribution in [2.75, 3.05) is 12.4 Å². The fourth-order valence-corrected chi connectivity index (χ4v) is 4.09. The molecular formula is C22H16N2O5S. The number of carbonyl (C=O) groups is 1. The van der Waals surface area contributed by atoms with Crippen LogP contribution in [0.2, 0.25) is 0 Å². The van der Waals surface area contributed by atoms with Gasteiger partial charge in [-0.05, 0) is 48.6 Å². The van der Waals surface area contributed by atoms with E-state index in [2.05, 4.69) is 10.6 Å². The normalized spacial score (nSPS) is 14.8. The van der Waals surface area contributed by atoms with Crippen LogP contribution in [-0.2, 0) is 10.3 Å². The van der Waals surface area contributed by atoms with Crippen LogP contribution in [-0.4, -0.2) is 28.3 Å². The molecule has 150 valence electrons. The van der Waals surface area contributed by atoms with Crippen LogP contribution in [0.25, 0.3) is 0 Å². The lowest BCUT2D eigenvalue weighted by atomic mass is 9.77. The molecule has 2 heterocycles. The number of fused-ring (bicyclic) bond motifs is 6. The Balaban J connectivity index is 1.76. The molecule has 0 aromatic heterocycles. The van der Waals surface area contributed by atoms with Crippen molar-refractivity contribution in [3.63, 3.8) is 0 Å². The molecule has 2 aliphatic heterocycles.